The second kappa shape index (κ2) is 8.58. The average molecular weight is 293 g/mol. The van der Waals surface area contributed by atoms with Crippen molar-refractivity contribution >= 4 is 11.8 Å². The van der Waals surface area contributed by atoms with Gasteiger partial charge in [0.1, 0.15) is 5.75 Å². The lowest BCUT2D eigenvalue weighted by Gasteiger charge is -2.14. The molecule has 1 atom stereocenters. The molecule has 0 aromatic heterocycles. The largest absolute Gasteiger partial charge is 0.493 e. The average Bonchev–Trinajstić information content (AvgIpc) is 2.89. The van der Waals surface area contributed by atoms with Crippen LogP contribution in [0.2, 0.25) is 0 Å². The fourth-order valence-corrected chi connectivity index (χ4v) is 3.38. The van der Waals surface area contributed by atoms with Crippen LogP contribution in [0.4, 0.5) is 0 Å². The Balaban J connectivity index is 1.90. The monoisotopic (exact) mass is 293 g/mol. The van der Waals surface area contributed by atoms with E-state index in [0.29, 0.717) is 6.04 Å². The van der Waals surface area contributed by atoms with Crippen LogP contribution in [0.15, 0.2) is 18.2 Å². The molecule has 0 bridgehead atoms. The summed E-state index contributed by atoms with van der Waals surface area (Å²) in [6.07, 6.45) is 4.69. The molecule has 3 heteroatoms. The summed E-state index contributed by atoms with van der Waals surface area (Å²) in [4.78, 5) is 0. The molecule has 1 aliphatic rings. The smallest absolute Gasteiger partial charge is 0.122 e. The van der Waals surface area contributed by atoms with E-state index in [2.05, 4.69) is 37.4 Å². The molecular formula is C17H27NOS. The lowest BCUT2D eigenvalue weighted by atomic mass is 10.1. The zero-order chi connectivity index (χ0) is 14.2. The van der Waals surface area contributed by atoms with E-state index in [1.165, 1.54) is 35.5 Å². The highest BCUT2D eigenvalue weighted by Crippen LogP contribution is 2.36. The third kappa shape index (κ3) is 4.16. The van der Waals surface area contributed by atoms with Crippen molar-refractivity contribution in [1.82, 2.24) is 5.32 Å². The molecule has 1 aromatic carbocycles. The molecule has 2 nitrogen and oxygen atoms in total. The Morgan fingerprint density at radius 2 is 2.25 bits per heavy atom. The van der Waals surface area contributed by atoms with Crippen LogP contribution in [-0.4, -0.2) is 24.7 Å². The van der Waals surface area contributed by atoms with Crippen LogP contribution < -0.4 is 10.1 Å². The van der Waals surface area contributed by atoms with Gasteiger partial charge >= 0.3 is 0 Å². The highest BCUT2D eigenvalue weighted by Gasteiger charge is 2.24. The number of benzene rings is 1. The first-order valence-corrected chi connectivity index (χ1v) is 9.08. The van der Waals surface area contributed by atoms with Gasteiger partial charge in [-0.1, -0.05) is 26.0 Å². The van der Waals surface area contributed by atoms with Gasteiger partial charge in [-0.2, -0.15) is 11.8 Å². The molecule has 1 aromatic rings. The van der Waals surface area contributed by atoms with Crippen molar-refractivity contribution in [3.05, 3.63) is 29.3 Å². The van der Waals surface area contributed by atoms with Crippen LogP contribution in [0.1, 0.15) is 50.3 Å². The maximum atomic E-state index is 6.01. The summed E-state index contributed by atoms with van der Waals surface area (Å²) in [5, 5.41) is 3.64. The minimum Gasteiger partial charge on any atom is -0.493 e. The number of hydrogen-bond acceptors (Lipinski definition) is 3. The summed E-state index contributed by atoms with van der Waals surface area (Å²) in [5.41, 5.74) is 2.89. The fraction of sp³-hybridized carbons (Fsp3) is 0.647. The quantitative estimate of drug-likeness (QED) is 0.690. The normalized spacial score (nSPS) is 17.2. The van der Waals surface area contributed by atoms with Gasteiger partial charge in [0, 0.05) is 6.04 Å². The lowest BCUT2D eigenvalue weighted by Crippen LogP contribution is -2.19. The van der Waals surface area contributed by atoms with Crippen LogP contribution in [0.5, 0.6) is 5.75 Å². The third-order valence-electron chi connectivity index (χ3n) is 3.76. The Bertz CT molecular complexity index is 408. The molecule has 0 saturated heterocycles. The molecule has 2 rings (SSSR count). The van der Waals surface area contributed by atoms with E-state index in [0.717, 1.165) is 31.7 Å². The maximum absolute atomic E-state index is 6.01. The zero-order valence-corrected chi connectivity index (χ0v) is 13.6. The number of hydrogen-bond donors (Lipinski definition) is 1. The van der Waals surface area contributed by atoms with Gasteiger partial charge in [-0.15, -0.1) is 0 Å². The van der Waals surface area contributed by atoms with Gasteiger partial charge in [0.05, 0.1) is 6.61 Å². The molecule has 20 heavy (non-hydrogen) atoms. The first-order valence-electron chi connectivity index (χ1n) is 7.92. The van der Waals surface area contributed by atoms with Crippen LogP contribution >= 0.6 is 11.8 Å². The Hall–Kier alpha value is -0.670. The first kappa shape index (κ1) is 15.7. The Kier molecular flexibility index (Phi) is 6.74. The lowest BCUT2D eigenvalue weighted by molar-refractivity contribution is 0.316. The van der Waals surface area contributed by atoms with Gasteiger partial charge in [-0.05, 0) is 60.9 Å². The van der Waals surface area contributed by atoms with Crippen LogP contribution in [-0.2, 0) is 6.42 Å². The minimum atomic E-state index is 0.532. The highest BCUT2D eigenvalue weighted by molar-refractivity contribution is 7.99. The minimum absolute atomic E-state index is 0.532. The van der Waals surface area contributed by atoms with E-state index in [9.17, 15) is 0 Å². The molecule has 0 radical (unpaired) electrons. The van der Waals surface area contributed by atoms with Crippen molar-refractivity contribution < 1.29 is 4.74 Å². The number of ether oxygens (including phenoxy) is 1. The van der Waals surface area contributed by atoms with Gasteiger partial charge in [0.15, 0.2) is 0 Å². The van der Waals surface area contributed by atoms with Gasteiger partial charge in [-0.25, -0.2) is 0 Å². The number of rotatable bonds is 9. The van der Waals surface area contributed by atoms with Gasteiger partial charge in [0.2, 0.25) is 0 Å². The van der Waals surface area contributed by atoms with Gasteiger partial charge in [0.25, 0.3) is 0 Å². The summed E-state index contributed by atoms with van der Waals surface area (Å²) >= 11 is 1.99. The zero-order valence-electron chi connectivity index (χ0n) is 12.8. The van der Waals surface area contributed by atoms with E-state index in [-0.39, 0.29) is 0 Å². The SMILES string of the molecule is CCCNC1CCc2c(OCCCSCC)cccc21. The Labute approximate surface area is 127 Å². The molecule has 112 valence electrons. The summed E-state index contributed by atoms with van der Waals surface area (Å²) < 4.78 is 6.01. The summed E-state index contributed by atoms with van der Waals surface area (Å²) in [6, 6.07) is 7.06. The van der Waals surface area contributed by atoms with E-state index >= 15 is 0 Å². The van der Waals surface area contributed by atoms with Crippen molar-refractivity contribution in [2.75, 3.05) is 24.7 Å². The molecule has 0 fully saturated rings. The molecule has 1 unspecified atom stereocenters. The van der Waals surface area contributed by atoms with Gasteiger partial charge < -0.3 is 10.1 Å². The molecule has 0 aliphatic heterocycles. The predicted octanol–water partition coefficient (Wildman–Crippen LogP) is 4.20. The summed E-state index contributed by atoms with van der Waals surface area (Å²) in [6.45, 7) is 6.37. The Morgan fingerprint density at radius 3 is 3.05 bits per heavy atom. The van der Waals surface area contributed by atoms with Crippen molar-refractivity contribution in [1.29, 1.82) is 0 Å². The molecule has 0 spiro atoms. The second-order valence-corrected chi connectivity index (χ2v) is 6.66. The second-order valence-electron chi connectivity index (χ2n) is 5.27. The number of thioether (sulfide) groups is 1. The summed E-state index contributed by atoms with van der Waals surface area (Å²) in [5.74, 6) is 3.52. The van der Waals surface area contributed by atoms with E-state index < -0.39 is 0 Å². The van der Waals surface area contributed by atoms with E-state index in [1.54, 1.807) is 0 Å². The van der Waals surface area contributed by atoms with Crippen LogP contribution in [0, 0.1) is 0 Å². The molecular weight excluding hydrogens is 266 g/mol. The summed E-state index contributed by atoms with van der Waals surface area (Å²) in [7, 11) is 0. The molecule has 1 N–H and O–H groups in total. The van der Waals surface area contributed by atoms with Crippen molar-refractivity contribution in [3.8, 4) is 5.75 Å². The first-order chi connectivity index (χ1) is 9.86. The molecule has 0 saturated carbocycles. The van der Waals surface area contributed by atoms with E-state index in [4.69, 9.17) is 4.74 Å². The maximum Gasteiger partial charge on any atom is 0.122 e. The number of nitrogens with one attached hydrogen (secondary N) is 1. The standard InChI is InChI=1S/C17H27NOS/c1-3-11-18-16-10-9-15-14(16)7-5-8-17(15)19-12-6-13-20-4-2/h5,7-8,16,18H,3-4,6,9-13H2,1-2H3. The van der Waals surface area contributed by atoms with Crippen molar-refractivity contribution in [3.63, 3.8) is 0 Å². The van der Waals surface area contributed by atoms with Crippen LogP contribution in [0.25, 0.3) is 0 Å². The number of fused-ring (bicyclic) bond motifs is 1. The molecule has 0 amide bonds. The molecule has 0 heterocycles. The Morgan fingerprint density at radius 1 is 1.35 bits per heavy atom. The van der Waals surface area contributed by atoms with Crippen molar-refractivity contribution in [2.24, 2.45) is 0 Å². The predicted molar refractivity (Wildman–Crippen MR) is 88.9 cm³/mol. The third-order valence-corrected chi connectivity index (χ3v) is 4.75. The van der Waals surface area contributed by atoms with E-state index in [1.807, 2.05) is 11.8 Å². The van der Waals surface area contributed by atoms with Crippen molar-refractivity contribution in [2.45, 2.75) is 45.6 Å². The van der Waals surface area contributed by atoms with Crippen LogP contribution in [0.3, 0.4) is 0 Å². The van der Waals surface area contributed by atoms with Gasteiger partial charge in [-0.3, -0.25) is 0 Å². The topological polar surface area (TPSA) is 21.3 Å². The highest BCUT2D eigenvalue weighted by atomic mass is 32.2. The fourth-order valence-electron chi connectivity index (χ4n) is 2.77. The molecule has 1 aliphatic carbocycles.